The Morgan fingerprint density at radius 2 is 2.00 bits per heavy atom. The number of Topliss-reactive ketones (excluding diaryl/α,β-unsaturated/α-hetero) is 1. The highest BCUT2D eigenvalue weighted by molar-refractivity contribution is 9.10. The van der Waals surface area contributed by atoms with E-state index in [1.54, 1.807) is 0 Å². The van der Waals surface area contributed by atoms with Crippen molar-refractivity contribution in [2.75, 3.05) is 13.1 Å². The molecule has 2 heterocycles. The van der Waals surface area contributed by atoms with Gasteiger partial charge in [0, 0.05) is 23.0 Å². The van der Waals surface area contributed by atoms with Gasteiger partial charge < -0.3 is 5.32 Å². The number of hydrazone groups is 1. The molecular formula is C19H17BrN4O. The molecule has 0 fully saturated rings. The smallest absolute Gasteiger partial charge is 0.215 e. The largest absolute Gasteiger partial charge is 0.353 e. The number of ketones is 1. The first kappa shape index (κ1) is 16.0. The topological polar surface area (TPSA) is 57.1 Å². The minimum Gasteiger partial charge on any atom is -0.353 e. The van der Waals surface area contributed by atoms with E-state index in [1.165, 1.54) is 0 Å². The number of halogens is 1. The number of nitrogens with one attached hydrogen (secondary N) is 1. The van der Waals surface area contributed by atoms with Crippen LogP contribution in [0.1, 0.15) is 33.9 Å². The first-order valence-electron chi connectivity index (χ1n) is 8.21. The van der Waals surface area contributed by atoms with Crippen molar-refractivity contribution in [2.24, 2.45) is 10.1 Å². The second kappa shape index (κ2) is 6.80. The van der Waals surface area contributed by atoms with E-state index in [4.69, 9.17) is 0 Å². The van der Waals surface area contributed by atoms with E-state index in [9.17, 15) is 4.79 Å². The third kappa shape index (κ3) is 3.22. The molecule has 5 nitrogen and oxygen atoms in total. The number of aliphatic imine (C=N–C) groups is 1. The summed E-state index contributed by atoms with van der Waals surface area (Å²) >= 11 is 3.41. The maximum atomic E-state index is 12.8. The molecule has 0 aliphatic carbocycles. The van der Waals surface area contributed by atoms with E-state index in [2.05, 4.69) is 37.4 Å². The summed E-state index contributed by atoms with van der Waals surface area (Å²) in [6.45, 7) is 1.53. The zero-order valence-corrected chi connectivity index (χ0v) is 15.1. The fraction of sp³-hybridized carbons (Fsp3) is 0.211. The minimum atomic E-state index is -0.165. The molecule has 0 aromatic heterocycles. The number of fused-ring (bicyclic) bond motifs is 1. The van der Waals surface area contributed by atoms with E-state index in [0.717, 1.165) is 34.6 Å². The van der Waals surface area contributed by atoms with Crippen molar-refractivity contribution in [1.29, 1.82) is 0 Å². The number of nitrogens with zero attached hydrogens (tertiary/aromatic N) is 3. The summed E-state index contributed by atoms with van der Waals surface area (Å²) in [6, 6.07) is 15.4. The molecule has 2 aromatic rings. The summed E-state index contributed by atoms with van der Waals surface area (Å²) in [7, 11) is 0. The van der Waals surface area contributed by atoms with E-state index in [-0.39, 0.29) is 11.8 Å². The van der Waals surface area contributed by atoms with Crippen LogP contribution in [0.4, 0.5) is 0 Å². The first-order valence-corrected chi connectivity index (χ1v) is 9.01. The summed E-state index contributed by atoms with van der Waals surface area (Å²) in [5.41, 5.74) is 2.85. The molecule has 25 heavy (non-hydrogen) atoms. The molecule has 4 rings (SSSR count). The van der Waals surface area contributed by atoms with Crippen molar-refractivity contribution in [3.8, 4) is 0 Å². The van der Waals surface area contributed by atoms with E-state index in [1.807, 2.05) is 53.7 Å². The molecule has 0 saturated carbocycles. The van der Waals surface area contributed by atoms with Crippen molar-refractivity contribution in [3.05, 3.63) is 69.7 Å². The van der Waals surface area contributed by atoms with Crippen molar-refractivity contribution in [2.45, 2.75) is 12.5 Å². The minimum absolute atomic E-state index is 0.0907. The zero-order valence-electron chi connectivity index (χ0n) is 13.5. The van der Waals surface area contributed by atoms with Crippen LogP contribution in [0.5, 0.6) is 0 Å². The molecule has 6 heteroatoms. The summed E-state index contributed by atoms with van der Waals surface area (Å²) in [6.07, 6.45) is 2.18. The fourth-order valence-electron chi connectivity index (χ4n) is 3.14. The third-order valence-electron chi connectivity index (χ3n) is 4.39. The second-order valence-corrected chi connectivity index (χ2v) is 6.92. The van der Waals surface area contributed by atoms with Crippen LogP contribution in [-0.4, -0.2) is 36.1 Å². The van der Waals surface area contributed by atoms with Gasteiger partial charge in [-0.1, -0.05) is 52.3 Å². The number of carbonyl (C=O) groups excluding carboxylic acids is 1. The molecule has 126 valence electrons. The van der Waals surface area contributed by atoms with Crippen molar-refractivity contribution < 1.29 is 4.79 Å². The van der Waals surface area contributed by atoms with Crippen LogP contribution >= 0.6 is 15.9 Å². The number of carbonyl (C=O) groups is 1. The average Bonchev–Trinajstić information content (AvgIpc) is 3.17. The Kier molecular flexibility index (Phi) is 4.36. The van der Waals surface area contributed by atoms with Gasteiger partial charge in [-0.05, 0) is 23.3 Å². The average molecular weight is 397 g/mol. The van der Waals surface area contributed by atoms with E-state index < -0.39 is 0 Å². The third-order valence-corrected chi connectivity index (χ3v) is 4.92. The van der Waals surface area contributed by atoms with Gasteiger partial charge in [0.25, 0.3) is 0 Å². The Labute approximate surface area is 154 Å². The molecular weight excluding hydrogens is 380 g/mol. The van der Waals surface area contributed by atoms with Gasteiger partial charge in [0.05, 0.1) is 18.8 Å². The van der Waals surface area contributed by atoms with Gasteiger partial charge in [0.2, 0.25) is 5.96 Å². The second-order valence-electron chi connectivity index (χ2n) is 6.00. The van der Waals surface area contributed by atoms with Crippen LogP contribution in [0, 0.1) is 0 Å². The Morgan fingerprint density at radius 1 is 1.20 bits per heavy atom. The lowest BCUT2D eigenvalue weighted by molar-refractivity contribution is 0.0948. The molecule has 0 radical (unpaired) electrons. The lowest BCUT2D eigenvalue weighted by atomic mass is 9.93. The quantitative estimate of drug-likeness (QED) is 0.809. The van der Waals surface area contributed by atoms with Gasteiger partial charge in [-0.15, -0.1) is 0 Å². The SMILES string of the molecule is O=C(CC1c2ccccc2C=NN1C1=NCCN1)c1ccc(Br)cc1. The summed E-state index contributed by atoms with van der Waals surface area (Å²) in [5.74, 6) is 0.826. The molecule has 0 spiro atoms. The highest BCUT2D eigenvalue weighted by Gasteiger charge is 2.31. The van der Waals surface area contributed by atoms with Gasteiger partial charge in [0.1, 0.15) is 0 Å². The van der Waals surface area contributed by atoms with Gasteiger partial charge in [-0.2, -0.15) is 5.10 Å². The van der Waals surface area contributed by atoms with Crippen LogP contribution in [0.15, 0.2) is 63.1 Å². The Morgan fingerprint density at radius 3 is 2.76 bits per heavy atom. The normalized spacial score (nSPS) is 18.5. The van der Waals surface area contributed by atoms with Crippen molar-refractivity contribution >= 4 is 33.9 Å². The standard InChI is InChI=1S/C19H17BrN4O/c20-15-7-5-13(6-8-15)18(25)11-17-16-4-2-1-3-14(16)12-23-24(17)19-21-9-10-22-19/h1-8,12,17H,9-11H2,(H,21,22). The molecule has 1 unspecified atom stereocenters. The number of hydrogen-bond donors (Lipinski definition) is 1. The first-order chi connectivity index (χ1) is 12.2. The van der Waals surface area contributed by atoms with Crippen LogP contribution in [0.3, 0.4) is 0 Å². The lowest BCUT2D eigenvalue weighted by Crippen LogP contribution is -2.40. The highest BCUT2D eigenvalue weighted by atomic mass is 79.9. The molecule has 2 aliphatic rings. The van der Waals surface area contributed by atoms with Crippen LogP contribution in [0.2, 0.25) is 0 Å². The Hall–Kier alpha value is -2.47. The number of benzene rings is 2. The van der Waals surface area contributed by atoms with Gasteiger partial charge in [-0.3, -0.25) is 4.79 Å². The van der Waals surface area contributed by atoms with E-state index >= 15 is 0 Å². The molecule has 1 atom stereocenters. The molecule has 0 saturated heterocycles. The monoisotopic (exact) mass is 396 g/mol. The highest BCUT2D eigenvalue weighted by Crippen LogP contribution is 2.32. The zero-order chi connectivity index (χ0) is 17.2. The van der Waals surface area contributed by atoms with Gasteiger partial charge in [-0.25, -0.2) is 10.0 Å². The summed E-state index contributed by atoms with van der Waals surface area (Å²) in [5, 5.41) is 9.64. The Balaban J connectivity index is 1.66. The van der Waals surface area contributed by atoms with Crippen LogP contribution in [0.25, 0.3) is 0 Å². The molecule has 1 N–H and O–H groups in total. The summed E-state index contributed by atoms with van der Waals surface area (Å²) in [4.78, 5) is 17.3. The molecule has 2 aromatic carbocycles. The fourth-order valence-corrected chi connectivity index (χ4v) is 3.40. The van der Waals surface area contributed by atoms with Gasteiger partial charge >= 0.3 is 0 Å². The molecule has 0 amide bonds. The predicted molar refractivity (Wildman–Crippen MR) is 102 cm³/mol. The Bertz CT molecular complexity index is 860. The maximum Gasteiger partial charge on any atom is 0.215 e. The molecule has 2 aliphatic heterocycles. The molecule has 0 bridgehead atoms. The lowest BCUT2D eigenvalue weighted by Gasteiger charge is -2.32. The van der Waals surface area contributed by atoms with Crippen LogP contribution < -0.4 is 5.32 Å². The van der Waals surface area contributed by atoms with Gasteiger partial charge in [0.15, 0.2) is 5.78 Å². The summed E-state index contributed by atoms with van der Waals surface area (Å²) < 4.78 is 0.961. The van der Waals surface area contributed by atoms with Crippen molar-refractivity contribution in [1.82, 2.24) is 10.3 Å². The number of hydrogen-bond acceptors (Lipinski definition) is 5. The van der Waals surface area contributed by atoms with Crippen LogP contribution in [-0.2, 0) is 0 Å². The predicted octanol–water partition coefficient (Wildman–Crippen LogP) is 3.37. The number of guanidine groups is 1. The maximum absolute atomic E-state index is 12.8. The van der Waals surface area contributed by atoms with Crippen molar-refractivity contribution in [3.63, 3.8) is 0 Å². The number of rotatable bonds is 3. The van der Waals surface area contributed by atoms with E-state index in [0.29, 0.717) is 12.0 Å².